The van der Waals surface area contributed by atoms with Crippen LogP contribution in [0.15, 0.2) is 35.3 Å². The minimum absolute atomic E-state index is 0.213. The van der Waals surface area contributed by atoms with E-state index in [0.717, 1.165) is 30.7 Å². The van der Waals surface area contributed by atoms with Gasteiger partial charge in [0.2, 0.25) is 0 Å². The fraction of sp³-hybridized carbons (Fsp3) is 0.757. The van der Waals surface area contributed by atoms with Crippen molar-refractivity contribution in [3.8, 4) is 12.3 Å². The molecule has 2 fully saturated rings. The summed E-state index contributed by atoms with van der Waals surface area (Å²) >= 11 is 0. The smallest absolute Gasteiger partial charge is 0.290 e. The van der Waals surface area contributed by atoms with Gasteiger partial charge in [-0.15, -0.1) is 12.3 Å². The standard InChI is InChI=1S/C22H38N2O2.C9H18.C3H4.C2H6.CH2O2/c1-6-8-18(9-7-2)12-13-24-15-17(3)26-16-22(24)20-14-19(25-5)10-11-21(20)23-4;1-2-6-9-7-4-3-5-8-9;1-3-2;1-2;2-1-3/h10-11,14,17-18,21,23H,6-9,12-13,15-16H2,1-5H3;9H,2-8H2,1H3;1H,2H3;1-2H3;1H,(H,2,3)/b22-20+;;;;. The molecule has 0 aromatic rings. The third-order valence-corrected chi connectivity index (χ3v) is 7.95. The second-order valence-electron chi connectivity index (χ2n) is 11.3. The molecule has 6 heteroatoms. The van der Waals surface area contributed by atoms with Crippen LogP contribution in [0.2, 0.25) is 0 Å². The van der Waals surface area contributed by atoms with Gasteiger partial charge in [-0.3, -0.25) is 4.79 Å². The van der Waals surface area contributed by atoms with Gasteiger partial charge in [0, 0.05) is 18.8 Å². The van der Waals surface area contributed by atoms with Gasteiger partial charge in [0.15, 0.2) is 0 Å². The Kier molecular flexibility index (Phi) is 29.8. The fourth-order valence-corrected chi connectivity index (χ4v) is 5.98. The predicted octanol–water partition coefficient (Wildman–Crippen LogP) is 8.99. The minimum Gasteiger partial charge on any atom is -0.497 e. The van der Waals surface area contributed by atoms with Crippen LogP contribution in [0.3, 0.4) is 0 Å². The lowest BCUT2D eigenvalue weighted by Gasteiger charge is -2.39. The summed E-state index contributed by atoms with van der Waals surface area (Å²) in [5.41, 5.74) is 2.59. The van der Waals surface area contributed by atoms with Gasteiger partial charge in [-0.05, 0) is 56.9 Å². The van der Waals surface area contributed by atoms with Crippen molar-refractivity contribution >= 4 is 6.47 Å². The lowest BCUT2D eigenvalue weighted by atomic mass is 9.86. The Bertz CT molecular complexity index is 784. The fourth-order valence-electron chi connectivity index (χ4n) is 5.98. The number of methoxy groups -OCH3 is 1. The molecule has 0 amide bonds. The first-order valence-corrected chi connectivity index (χ1v) is 17.0. The summed E-state index contributed by atoms with van der Waals surface area (Å²) in [4.78, 5) is 10.9. The highest BCUT2D eigenvalue weighted by Gasteiger charge is 2.27. The number of likely N-dealkylation sites (N-methyl/N-ethyl adjacent to an activating group) is 1. The van der Waals surface area contributed by atoms with E-state index in [0.29, 0.717) is 6.61 Å². The Morgan fingerprint density at radius 3 is 2.21 bits per heavy atom. The Morgan fingerprint density at radius 1 is 1.14 bits per heavy atom. The van der Waals surface area contributed by atoms with Crippen LogP contribution in [-0.4, -0.2) is 62.5 Å². The lowest BCUT2D eigenvalue weighted by molar-refractivity contribution is -0.122. The molecule has 0 bridgehead atoms. The summed E-state index contributed by atoms with van der Waals surface area (Å²) in [5.74, 6) is 5.10. The number of nitrogens with zero attached hydrogens (tertiary/aromatic N) is 1. The number of hydrogen-bond acceptors (Lipinski definition) is 5. The van der Waals surface area contributed by atoms with Gasteiger partial charge < -0.3 is 24.8 Å². The third kappa shape index (κ3) is 19.6. The normalized spacial score (nSPS) is 21.2. The van der Waals surface area contributed by atoms with E-state index in [4.69, 9.17) is 19.4 Å². The van der Waals surface area contributed by atoms with E-state index in [1.54, 1.807) is 14.0 Å². The summed E-state index contributed by atoms with van der Waals surface area (Å²) in [5, 5.41) is 10.3. The van der Waals surface area contributed by atoms with Gasteiger partial charge >= 0.3 is 0 Å². The van der Waals surface area contributed by atoms with Crippen molar-refractivity contribution in [2.24, 2.45) is 11.8 Å². The first-order valence-electron chi connectivity index (χ1n) is 17.0. The predicted molar refractivity (Wildman–Crippen MR) is 185 cm³/mol. The molecule has 2 N–H and O–H groups in total. The first kappa shape index (κ1) is 42.9. The highest BCUT2D eigenvalue weighted by molar-refractivity contribution is 5.42. The zero-order valence-electron chi connectivity index (χ0n) is 29.4. The third-order valence-electron chi connectivity index (χ3n) is 7.95. The average Bonchev–Trinajstić information content (AvgIpc) is 3.02. The number of carboxylic acid groups (broad SMARTS) is 1. The van der Waals surface area contributed by atoms with E-state index in [1.807, 2.05) is 27.0 Å². The number of terminal acetylenes is 1. The molecule has 0 aromatic carbocycles. The number of hydrogen-bond donors (Lipinski definition) is 2. The molecule has 43 heavy (non-hydrogen) atoms. The second kappa shape index (κ2) is 29.8. The minimum atomic E-state index is -0.250. The Balaban J connectivity index is 0. The van der Waals surface area contributed by atoms with Crippen molar-refractivity contribution in [3.63, 3.8) is 0 Å². The molecular formula is C37H68N2O4. The van der Waals surface area contributed by atoms with E-state index in [9.17, 15) is 0 Å². The van der Waals surface area contributed by atoms with Crippen molar-refractivity contribution in [1.29, 1.82) is 0 Å². The molecule has 0 spiro atoms. The van der Waals surface area contributed by atoms with Crippen molar-refractivity contribution in [3.05, 3.63) is 35.3 Å². The largest absolute Gasteiger partial charge is 0.497 e. The Hall–Kier alpha value is -2.23. The molecule has 2 unspecified atom stereocenters. The van der Waals surface area contributed by atoms with Crippen LogP contribution >= 0.6 is 0 Å². The van der Waals surface area contributed by atoms with E-state index in [2.05, 4.69) is 62.4 Å². The number of ether oxygens (including phenoxy) is 2. The summed E-state index contributed by atoms with van der Waals surface area (Å²) in [6.07, 6.45) is 28.2. The van der Waals surface area contributed by atoms with E-state index >= 15 is 0 Å². The van der Waals surface area contributed by atoms with Crippen LogP contribution in [0.25, 0.3) is 0 Å². The quantitative estimate of drug-likeness (QED) is 0.181. The number of rotatable bonds is 11. The van der Waals surface area contributed by atoms with E-state index < -0.39 is 0 Å². The summed E-state index contributed by atoms with van der Waals surface area (Å²) in [6, 6.07) is 0.213. The maximum atomic E-state index is 8.36. The molecule has 0 aromatic heterocycles. The summed E-state index contributed by atoms with van der Waals surface area (Å²) in [6.45, 7) is 17.3. The van der Waals surface area contributed by atoms with E-state index in [-0.39, 0.29) is 18.6 Å². The molecule has 2 atom stereocenters. The molecule has 1 saturated heterocycles. The molecule has 1 saturated carbocycles. The number of carbonyl (C=O) groups is 1. The van der Waals surface area contributed by atoms with Crippen LogP contribution in [0.1, 0.15) is 126 Å². The van der Waals surface area contributed by atoms with Crippen LogP contribution < -0.4 is 5.32 Å². The molecule has 1 aliphatic heterocycles. The van der Waals surface area contributed by atoms with Crippen molar-refractivity contribution in [2.45, 2.75) is 138 Å². The molecule has 3 aliphatic rings. The topological polar surface area (TPSA) is 71.0 Å². The number of nitrogens with one attached hydrogen (secondary N) is 1. The van der Waals surface area contributed by atoms with Crippen molar-refractivity contribution in [2.75, 3.05) is 33.9 Å². The molecule has 3 rings (SSSR count). The summed E-state index contributed by atoms with van der Waals surface area (Å²) in [7, 11) is 3.74. The highest BCUT2D eigenvalue weighted by Crippen LogP contribution is 2.28. The van der Waals surface area contributed by atoms with Crippen molar-refractivity contribution in [1.82, 2.24) is 10.2 Å². The maximum absolute atomic E-state index is 8.36. The van der Waals surface area contributed by atoms with Gasteiger partial charge in [-0.25, -0.2) is 0 Å². The Labute approximate surface area is 266 Å². The molecule has 1 heterocycles. The number of allylic oxidation sites excluding steroid dienone is 1. The molecule has 250 valence electrons. The highest BCUT2D eigenvalue weighted by atomic mass is 16.5. The summed E-state index contributed by atoms with van der Waals surface area (Å²) < 4.78 is 11.5. The lowest BCUT2D eigenvalue weighted by Crippen LogP contribution is -2.43. The second-order valence-corrected chi connectivity index (χ2v) is 11.3. The zero-order chi connectivity index (χ0) is 32.9. The van der Waals surface area contributed by atoms with Gasteiger partial charge in [0.05, 0.1) is 25.9 Å². The molecular weight excluding hydrogens is 536 g/mol. The van der Waals surface area contributed by atoms with Crippen LogP contribution in [0.5, 0.6) is 0 Å². The van der Waals surface area contributed by atoms with Gasteiger partial charge in [-0.2, -0.15) is 0 Å². The first-order chi connectivity index (χ1) is 20.9. The van der Waals surface area contributed by atoms with Crippen molar-refractivity contribution < 1.29 is 19.4 Å². The molecule has 6 nitrogen and oxygen atoms in total. The monoisotopic (exact) mass is 605 g/mol. The van der Waals surface area contributed by atoms with Gasteiger partial charge in [0.25, 0.3) is 6.47 Å². The average molecular weight is 605 g/mol. The van der Waals surface area contributed by atoms with Crippen LogP contribution in [0.4, 0.5) is 0 Å². The van der Waals surface area contributed by atoms with Gasteiger partial charge in [-0.1, -0.05) is 111 Å². The Morgan fingerprint density at radius 2 is 1.72 bits per heavy atom. The van der Waals surface area contributed by atoms with Crippen LogP contribution in [0, 0.1) is 24.2 Å². The van der Waals surface area contributed by atoms with Gasteiger partial charge in [0.1, 0.15) is 5.76 Å². The van der Waals surface area contributed by atoms with Crippen LogP contribution in [-0.2, 0) is 14.3 Å². The maximum Gasteiger partial charge on any atom is 0.290 e. The molecule has 0 radical (unpaired) electrons. The zero-order valence-corrected chi connectivity index (χ0v) is 29.4. The van der Waals surface area contributed by atoms with E-state index in [1.165, 1.54) is 88.3 Å². The number of morpholine rings is 1. The molecule has 2 aliphatic carbocycles. The SMILES string of the molecule is C#CC.CC.CCCC(CCC)CCN1CC(C)OC/C1=C1/C=C(OC)C=CC1NC.CCCC1CCCCC1.O=CO.